The summed E-state index contributed by atoms with van der Waals surface area (Å²) >= 11 is 0. The highest BCUT2D eigenvalue weighted by atomic mass is 16.2. The molecule has 0 atom stereocenters. The van der Waals surface area contributed by atoms with Crippen molar-refractivity contribution in [3.63, 3.8) is 0 Å². The minimum absolute atomic E-state index is 0.305. The number of nitrogens with zero attached hydrogens (tertiary/aromatic N) is 2. The van der Waals surface area contributed by atoms with E-state index in [4.69, 9.17) is 0 Å². The first kappa shape index (κ1) is 17.4. The van der Waals surface area contributed by atoms with E-state index in [-0.39, 0.29) is 12.5 Å². The van der Waals surface area contributed by atoms with Crippen LogP contribution in [0.5, 0.6) is 0 Å². The molecule has 2 aromatic carbocycles. The third-order valence-corrected chi connectivity index (χ3v) is 3.97. The van der Waals surface area contributed by atoms with Crippen molar-refractivity contribution in [3.05, 3.63) is 105 Å². The van der Waals surface area contributed by atoms with Gasteiger partial charge in [0, 0.05) is 18.8 Å². The van der Waals surface area contributed by atoms with Gasteiger partial charge in [-0.15, -0.1) is 0 Å². The van der Waals surface area contributed by atoms with Crippen molar-refractivity contribution in [1.29, 1.82) is 0 Å². The van der Waals surface area contributed by atoms with Crippen LogP contribution >= 0.6 is 0 Å². The smallest absolute Gasteiger partial charge is 0.331 e. The summed E-state index contributed by atoms with van der Waals surface area (Å²) in [6.45, 7) is 0.380. The Morgan fingerprint density at radius 1 is 0.846 bits per heavy atom. The van der Waals surface area contributed by atoms with E-state index in [0.29, 0.717) is 13.1 Å². The Morgan fingerprint density at radius 3 is 2.12 bits per heavy atom. The number of hydrogen-bond donors (Lipinski definition) is 1. The van der Waals surface area contributed by atoms with Gasteiger partial charge in [0.2, 0.25) is 5.91 Å². The molecule has 1 heterocycles. The molecule has 26 heavy (non-hydrogen) atoms. The third-order valence-electron chi connectivity index (χ3n) is 3.97. The fourth-order valence-corrected chi connectivity index (χ4v) is 2.60. The maximum atomic E-state index is 12.5. The van der Waals surface area contributed by atoms with Crippen LogP contribution < -0.4 is 16.6 Å². The number of carbonyl (C=O) groups is 1. The monoisotopic (exact) mass is 349 g/mol. The van der Waals surface area contributed by atoms with Gasteiger partial charge in [0.25, 0.3) is 5.56 Å². The van der Waals surface area contributed by atoms with Crippen LogP contribution in [0.25, 0.3) is 0 Å². The van der Waals surface area contributed by atoms with Gasteiger partial charge in [-0.2, -0.15) is 0 Å². The van der Waals surface area contributed by atoms with Gasteiger partial charge in [0.05, 0.1) is 6.54 Å². The average Bonchev–Trinajstić information content (AvgIpc) is 2.67. The van der Waals surface area contributed by atoms with Gasteiger partial charge < -0.3 is 5.32 Å². The van der Waals surface area contributed by atoms with Crippen LogP contribution in [0.1, 0.15) is 11.1 Å². The largest absolute Gasteiger partial charge is 0.350 e. The first-order valence-electron chi connectivity index (χ1n) is 8.28. The summed E-state index contributed by atoms with van der Waals surface area (Å²) in [7, 11) is 0. The molecule has 3 aromatic rings. The van der Waals surface area contributed by atoms with Crippen LogP contribution in [0.15, 0.2) is 82.5 Å². The highest BCUT2D eigenvalue weighted by Gasteiger charge is 2.10. The lowest BCUT2D eigenvalue weighted by atomic mass is 10.2. The summed E-state index contributed by atoms with van der Waals surface area (Å²) in [5.41, 5.74) is 0.890. The van der Waals surface area contributed by atoms with Crippen molar-refractivity contribution in [2.24, 2.45) is 0 Å². The molecule has 0 fully saturated rings. The Balaban J connectivity index is 1.73. The number of benzene rings is 2. The van der Waals surface area contributed by atoms with Gasteiger partial charge in [0.1, 0.15) is 6.54 Å². The van der Waals surface area contributed by atoms with Crippen LogP contribution in [-0.2, 0) is 24.4 Å². The van der Waals surface area contributed by atoms with Crippen LogP contribution in [0.4, 0.5) is 0 Å². The summed E-state index contributed by atoms with van der Waals surface area (Å²) < 4.78 is 2.37. The van der Waals surface area contributed by atoms with Gasteiger partial charge in [-0.1, -0.05) is 60.7 Å². The molecule has 132 valence electrons. The predicted molar refractivity (Wildman–Crippen MR) is 98.8 cm³/mol. The van der Waals surface area contributed by atoms with Gasteiger partial charge in [0.15, 0.2) is 0 Å². The second-order valence-corrected chi connectivity index (χ2v) is 5.90. The molecule has 0 saturated carbocycles. The molecule has 0 radical (unpaired) electrons. The second-order valence-electron chi connectivity index (χ2n) is 5.90. The van der Waals surface area contributed by atoms with Gasteiger partial charge in [-0.05, 0) is 11.1 Å². The van der Waals surface area contributed by atoms with Gasteiger partial charge in [-0.3, -0.25) is 18.7 Å². The molecule has 0 saturated heterocycles. The summed E-state index contributed by atoms with van der Waals surface area (Å²) in [6.07, 6.45) is 1.45. The standard InChI is InChI=1S/C20H19N3O3/c24-18(21-13-16-7-3-1-4-8-16)15-23-19(25)11-12-22(20(23)26)14-17-9-5-2-6-10-17/h1-12H,13-15H2,(H,21,24). The minimum Gasteiger partial charge on any atom is -0.350 e. The molecule has 0 aliphatic carbocycles. The van der Waals surface area contributed by atoms with E-state index in [2.05, 4.69) is 5.32 Å². The molecule has 1 aromatic heterocycles. The van der Waals surface area contributed by atoms with Crippen molar-refractivity contribution in [3.8, 4) is 0 Å². The van der Waals surface area contributed by atoms with Crippen LogP contribution in [0.2, 0.25) is 0 Å². The highest BCUT2D eigenvalue weighted by molar-refractivity contribution is 5.75. The molecular weight excluding hydrogens is 330 g/mol. The molecule has 1 amide bonds. The molecule has 0 unspecified atom stereocenters. The first-order valence-corrected chi connectivity index (χ1v) is 8.28. The molecule has 6 nitrogen and oxygen atoms in total. The Labute approximate surface area is 150 Å². The molecule has 3 rings (SSSR count). The zero-order valence-electron chi connectivity index (χ0n) is 14.2. The summed E-state index contributed by atoms with van der Waals surface area (Å²) in [6, 6.07) is 20.2. The Kier molecular flexibility index (Phi) is 5.43. The third kappa shape index (κ3) is 4.36. The number of carbonyl (C=O) groups excluding carboxylic acids is 1. The van der Waals surface area contributed by atoms with E-state index in [0.717, 1.165) is 15.7 Å². The molecule has 1 N–H and O–H groups in total. The van der Waals surface area contributed by atoms with E-state index >= 15 is 0 Å². The molecule has 0 spiro atoms. The lowest BCUT2D eigenvalue weighted by Crippen LogP contribution is -2.43. The van der Waals surface area contributed by atoms with E-state index in [9.17, 15) is 14.4 Å². The Bertz CT molecular complexity index is 992. The number of hydrogen-bond acceptors (Lipinski definition) is 3. The van der Waals surface area contributed by atoms with E-state index in [1.54, 1.807) is 0 Å². The average molecular weight is 349 g/mol. The Morgan fingerprint density at radius 2 is 1.46 bits per heavy atom. The molecule has 6 heteroatoms. The van der Waals surface area contributed by atoms with Crippen molar-refractivity contribution in [2.75, 3.05) is 0 Å². The van der Waals surface area contributed by atoms with Crippen LogP contribution in [0, 0.1) is 0 Å². The topological polar surface area (TPSA) is 73.1 Å². The highest BCUT2D eigenvalue weighted by Crippen LogP contribution is 2.00. The van der Waals surface area contributed by atoms with Gasteiger partial charge >= 0.3 is 5.69 Å². The van der Waals surface area contributed by atoms with Crippen molar-refractivity contribution >= 4 is 5.91 Å². The zero-order valence-corrected chi connectivity index (χ0v) is 14.2. The number of rotatable bonds is 6. The van der Waals surface area contributed by atoms with Crippen LogP contribution in [-0.4, -0.2) is 15.0 Å². The SMILES string of the molecule is O=C(Cn1c(=O)ccn(Cc2ccccc2)c1=O)NCc1ccccc1. The fraction of sp³-hybridized carbons (Fsp3) is 0.150. The van der Waals surface area contributed by atoms with Crippen molar-refractivity contribution in [1.82, 2.24) is 14.5 Å². The fourth-order valence-electron chi connectivity index (χ4n) is 2.60. The van der Waals surface area contributed by atoms with E-state index in [1.807, 2.05) is 60.7 Å². The summed E-state index contributed by atoms with van der Waals surface area (Å²) in [4.78, 5) is 36.7. The van der Waals surface area contributed by atoms with E-state index in [1.165, 1.54) is 16.8 Å². The normalized spacial score (nSPS) is 10.5. The molecular formula is C20H19N3O3. The minimum atomic E-state index is -0.504. The summed E-state index contributed by atoms with van der Waals surface area (Å²) in [5, 5.41) is 2.72. The second kappa shape index (κ2) is 8.11. The maximum Gasteiger partial charge on any atom is 0.331 e. The number of aromatic nitrogens is 2. The van der Waals surface area contributed by atoms with E-state index < -0.39 is 11.2 Å². The lowest BCUT2D eigenvalue weighted by Gasteiger charge is -2.10. The lowest BCUT2D eigenvalue weighted by molar-refractivity contribution is -0.121. The number of nitrogens with one attached hydrogen (secondary N) is 1. The van der Waals surface area contributed by atoms with Gasteiger partial charge in [-0.25, -0.2) is 4.79 Å². The summed E-state index contributed by atoms with van der Waals surface area (Å²) in [5.74, 6) is -0.384. The number of amides is 1. The molecule has 0 bridgehead atoms. The van der Waals surface area contributed by atoms with Crippen molar-refractivity contribution in [2.45, 2.75) is 19.6 Å². The van der Waals surface area contributed by atoms with Crippen molar-refractivity contribution < 1.29 is 4.79 Å². The zero-order chi connectivity index (χ0) is 18.4. The molecule has 0 aliphatic rings. The predicted octanol–water partition coefficient (Wildman–Crippen LogP) is 1.37. The molecule has 0 aliphatic heterocycles. The quantitative estimate of drug-likeness (QED) is 0.731. The van der Waals surface area contributed by atoms with Crippen LogP contribution in [0.3, 0.4) is 0 Å². The Hall–Kier alpha value is -3.41. The maximum absolute atomic E-state index is 12.5. The first-order chi connectivity index (χ1) is 12.6.